The van der Waals surface area contributed by atoms with Crippen LogP contribution in [0.15, 0.2) is 42.2 Å². The molecular weight excluding hydrogens is 417 g/mol. The molecule has 0 saturated carbocycles. The van der Waals surface area contributed by atoms with Gasteiger partial charge in [0.25, 0.3) is 5.78 Å². The largest absolute Gasteiger partial charge is 0.310 e. The number of aryl methyl sites for hydroxylation is 2. The molecule has 5 aromatic rings. The average Bonchev–Trinajstić information content (AvgIpc) is 3.46. The van der Waals surface area contributed by atoms with Crippen molar-refractivity contribution in [2.24, 2.45) is 0 Å². The Bertz CT molecular complexity index is 1420. The Hall–Kier alpha value is -3.66. The van der Waals surface area contributed by atoms with Crippen LogP contribution in [0.4, 0.5) is 10.2 Å². The van der Waals surface area contributed by atoms with E-state index in [0.717, 1.165) is 27.5 Å². The molecule has 0 aliphatic rings. The van der Waals surface area contributed by atoms with Crippen molar-refractivity contribution >= 4 is 33.8 Å². The Balaban J connectivity index is 1.40. The van der Waals surface area contributed by atoms with Gasteiger partial charge in [0.2, 0.25) is 5.91 Å². The zero-order valence-electron chi connectivity index (χ0n) is 16.8. The predicted octanol–water partition coefficient (Wildman–Crippen LogP) is 3.83. The lowest BCUT2D eigenvalue weighted by molar-refractivity contribution is -0.116. The molecule has 0 aliphatic carbocycles. The number of rotatable bonds is 5. The van der Waals surface area contributed by atoms with Gasteiger partial charge in [0.1, 0.15) is 23.7 Å². The summed E-state index contributed by atoms with van der Waals surface area (Å²) in [4.78, 5) is 26.8. The number of carbonyl (C=O) groups excluding carboxylic acids is 1. The molecule has 1 amide bonds. The van der Waals surface area contributed by atoms with E-state index in [1.54, 1.807) is 16.6 Å². The molecule has 4 heterocycles. The number of halogens is 1. The van der Waals surface area contributed by atoms with E-state index >= 15 is 0 Å². The molecular formula is C21H18FN7OS. The van der Waals surface area contributed by atoms with E-state index in [1.165, 1.54) is 29.8 Å². The van der Waals surface area contributed by atoms with Gasteiger partial charge in [-0.1, -0.05) is 0 Å². The summed E-state index contributed by atoms with van der Waals surface area (Å²) in [5, 5.41) is 9.09. The topological polar surface area (TPSA) is 89.5 Å². The molecule has 0 atom stereocenters. The van der Waals surface area contributed by atoms with Crippen molar-refractivity contribution in [3.05, 3.63) is 64.9 Å². The fraction of sp³-hybridized carbons (Fsp3) is 0.190. The first-order chi connectivity index (χ1) is 15.0. The molecule has 1 N–H and O–H groups in total. The van der Waals surface area contributed by atoms with E-state index < -0.39 is 0 Å². The van der Waals surface area contributed by atoms with E-state index in [4.69, 9.17) is 0 Å². The van der Waals surface area contributed by atoms with Gasteiger partial charge in [-0.2, -0.15) is 10.1 Å². The lowest BCUT2D eigenvalue weighted by Crippen LogP contribution is -2.16. The second-order valence-corrected chi connectivity index (χ2v) is 8.03. The van der Waals surface area contributed by atoms with Gasteiger partial charge in [-0.3, -0.25) is 9.20 Å². The third-order valence-electron chi connectivity index (χ3n) is 5.23. The molecule has 0 spiro atoms. The van der Waals surface area contributed by atoms with Crippen LogP contribution in [0, 0.1) is 19.7 Å². The third-order valence-corrected chi connectivity index (χ3v) is 5.98. The smallest absolute Gasteiger partial charge is 0.252 e. The molecule has 156 valence electrons. The van der Waals surface area contributed by atoms with Gasteiger partial charge in [-0.25, -0.2) is 18.9 Å². The molecule has 0 bridgehead atoms. The molecule has 31 heavy (non-hydrogen) atoms. The van der Waals surface area contributed by atoms with Gasteiger partial charge in [0, 0.05) is 34.9 Å². The van der Waals surface area contributed by atoms with Crippen LogP contribution in [0.2, 0.25) is 0 Å². The van der Waals surface area contributed by atoms with Gasteiger partial charge in [-0.05, 0) is 50.1 Å². The Labute approximate surface area is 180 Å². The standard InChI is InChI=1S/C21H18FN7OS/c1-12-16(13(2)29-20(25-12)23-11-24-29)7-8-17(30)26-19-18(14-3-5-15(22)6-4-14)27-21-28(19)9-10-31-21/h3-6,9-11H,7-8H2,1-2H3,(H,26,30). The minimum atomic E-state index is -0.320. The summed E-state index contributed by atoms with van der Waals surface area (Å²) in [6.45, 7) is 3.86. The number of benzene rings is 1. The second-order valence-electron chi connectivity index (χ2n) is 7.15. The fourth-order valence-corrected chi connectivity index (χ4v) is 4.38. The maximum Gasteiger partial charge on any atom is 0.252 e. The summed E-state index contributed by atoms with van der Waals surface area (Å²) < 4.78 is 16.9. The summed E-state index contributed by atoms with van der Waals surface area (Å²) in [5.41, 5.74) is 4.08. The molecule has 5 rings (SSSR count). The molecule has 0 saturated heterocycles. The summed E-state index contributed by atoms with van der Waals surface area (Å²) in [6.07, 6.45) is 4.11. The van der Waals surface area contributed by atoms with E-state index in [0.29, 0.717) is 23.7 Å². The van der Waals surface area contributed by atoms with E-state index in [2.05, 4.69) is 25.4 Å². The maximum absolute atomic E-state index is 13.4. The zero-order valence-corrected chi connectivity index (χ0v) is 17.6. The van der Waals surface area contributed by atoms with Crippen molar-refractivity contribution in [1.82, 2.24) is 29.0 Å². The first-order valence-electron chi connectivity index (χ1n) is 9.68. The van der Waals surface area contributed by atoms with Crippen LogP contribution in [0.3, 0.4) is 0 Å². The molecule has 10 heteroatoms. The summed E-state index contributed by atoms with van der Waals surface area (Å²) in [7, 11) is 0. The molecule has 0 aliphatic heterocycles. The average molecular weight is 435 g/mol. The lowest BCUT2D eigenvalue weighted by atomic mass is 10.1. The SMILES string of the molecule is Cc1nc2ncnn2c(C)c1CCC(=O)Nc1c(-c2ccc(F)cc2)nc2sccn12. The highest BCUT2D eigenvalue weighted by atomic mass is 32.1. The number of aromatic nitrogens is 6. The number of fused-ring (bicyclic) bond motifs is 2. The Morgan fingerprint density at radius 3 is 2.81 bits per heavy atom. The van der Waals surface area contributed by atoms with Crippen LogP contribution < -0.4 is 5.32 Å². The number of thiazole rings is 1. The Kier molecular flexibility index (Phi) is 4.70. The van der Waals surface area contributed by atoms with E-state index in [-0.39, 0.29) is 18.1 Å². The first-order valence-corrected chi connectivity index (χ1v) is 10.6. The number of nitrogens with one attached hydrogen (secondary N) is 1. The highest BCUT2D eigenvalue weighted by molar-refractivity contribution is 7.15. The van der Waals surface area contributed by atoms with Crippen LogP contribution in [0.1, 0.15) is 23.4 Å². The molecule has 0 unspecified atom stereocenters. The minimum absolute atomic E-state index is 0.145. The number of imidazole rings is 1. The van der Waals surface area contributed by atoms with Gasteiger partial charge in [0.05, 0.1) is 0 Å². The quantitative estimate of drug-likeness (QED) is 0.453. The summed E-state index contributed by atoms with van der Waals surface area (Å²) >= 11 is 1.47. The normalized spacial score (nSPS) is 11.5. The minimum Gasteiger partial charge on any atom is -0.310 e. The van der Waals surface area contributed by atoms with Crippen LogP contribution in [0.25, 0.3) is 22.0 Å². The van der Waals surface area contributed by atoms with Crippen LogP contribution >= 0.6 is 11.3 Å². The zero-order chi connectivity index (χ0) is 21.5. The summed E-state index contributed by atoms with van der Waals surface area (Å²) in [6, 6.07) is 6.08. The lowest BCUT2D eigenvalue weighted by Gasteiger charge is -2.11. The predicted molar refractivity (Wildman–Crippen MR) is 116 cm³/mol. The third kappa shape index (κ3) is 3.44. The Morgan fingerprint density at radius 1 is 1.19 bits per heavy atom. The van der Waals surface area contributed by atoms with Crippen molar-refractivity contribution in [2.75, 3.05) is 5.32 Å². The van der Waals surface area contributed by atoms with Crippen LogP contribution in [-0.4, -0.2) is 34.9 Å². The number of carbonyl (C=O) groups is 1. The van der Waals surface area contributed by atoms with Crippen molar-refractivity contribution in [1.29, 1.82) is 0 Å². The maximum atomic E-state index is 13.4. The molecule has 0 radical (unpaired) electrons. The monoisotopic (exact) mass is 435 g/mol. The van der Waals surface area contributed by atoms with E-state index in [9.17, 15) is 9.18 Å². The first kappa shape index (κ1) is 19.3. The van der Waals surface area contributed by atoms with Gasteiger partial charge in [0.15, 0.2) is 4.96 Å². The number of anilines is 1. The van der Waals surface area contributed by atoms with Crippen LogP contribution in [-0.2, 0) is 11.2 Å². The highest BCUT2D eigenvalue weighted by Gasteiger charge is 2.18. The highest BCUT2D eigenvalue weighted by Crippen LogP contribution is 2.31. The van der Waals surface area contributed by atoms with Gasteiger partial charge >= 0.3 is 0 Å². The molecule has 8 nitrogen and oxygen atoms in total. The number of amides is 1. The van der Waals surface area contributed by atoms with Crippen molar-refractivity contribution in [2.45, 2.75) is 26.7 Å². The summed E-state index contributed by atoms with van der Waals surface area (Å²) in [5.74, 6) is 0.658. The van der Waals surface area contributed by atoms with Gasteiger partial charge in [-0.15, -0.1) is 11.3 Å². The Morgan fingerprint density at radius 2 is 2.00 bits per heavy atom. The number of hydrogen-bond acceptors (Lipinski definition) is 6. The van der Waals surface area contributed by atoms with Crippen molar-refractivity contribution in [3.8, 4) is 11.3 Å². The molecule has 0 fully saturated rings. The second kappa shape index (κ2) is 7.55. The molecule has 4 aromatic heterocycles. The van der Waals surface area contributed by atoms with Crippen LogP contribution in [0.5, 0.6) is 0 Å². The number of hydrogen-bond donors (Lipinski definition) is 1. The number of nitrogens with zero attached hydrogens (tertiary/aromatic N) is 6. The van der Waals surface area contributed by atoms with E-state index in [1.807, 2.05) is 29.8 Å². The van der Waals surface area contributed by atoms with Crippen molar-refractivity contribution < 1.29 is 9.18 Å². The molecule has 1 aromatic carbocycles. The fourth-order valence-electron chi connectivity index (χ4n) is 3.66. The van der Waals surface area contributed by atoms with Gasteiger partial charge < -0.3 is 5.32 Å². The van der Waals surface area contributed by atoms with Crippen molar-refractivity contribution in [3.63, 3.8) is 0 Å².